The van der Waals surface area contributed by atoms with Gasteiger partial charge in [0.1, 0.15) is 11.6 Å². The molecule has 0 N–H and O–H groups in total. The Balaban J connectivity index is 0.956. The van der Waals surface area contributed by atoms with Crippen LogP contribution in [0.3, 0.4) is 0 Å². The van der Waals surface area contributed by atoms with Crippen molar-refractivity contribution < 1.29 is 31.5 Å². The second-order valence-electron chi connectivity index (χ2n) is 12.5. The summed E-state index contributed by atoms with van der Waals surface area (Å²) < 4.78 is 65.4. The summed E-state index contributed by atoms with van der Waals surface area (Å²) in [6, 6.07) is 15.5. The monoisotopic (exact) mass is 662 g/mol. The number of piperazine rings is 1. The molecule has 2 atom stereocenters. The van der Waals surface area contributed by atoms with Crippen molar-refractivity contribution in [1.29, 1.82) is 0 Å². The number of carbonyl (C=O) groups excluding carboxylic acids is 1. The summed E-state index contributed by atoms with van der Waals surface area (Å²) in [4.78, 5) is 24.6. The predicted octanol–water partition coefficient (Wildman–Crippen LogP) is 5.45. The topological polar surface area (TPSA) is 92.3 Å². The summed E-state index contributed by atoms with van der Waals surface area (Å²) in [5, 5.41) is 0.522. The molecule has 47 heavy (non-hydrogen) atoms. The van der Waals surface area contributed by atoms with Crippen LogP contribution in [0.2, 0.25) is 0 Å². The summed E-state index contributed by atoms with van der Waals surface area (Å²) in [6.45, 7) is 8.12. The first kappa shape index (κ1) is 31.5. The number of likely N-dealkylation sites (tertiary alicyclic amines) is 1. The van der Waals surface area contributed by atoms with Gasteiger partial charge in [0.15, 0.2) is 16.5 Å². The maximum atomic E-state index is 14.3. The van der Waals surface area contributed by atoms with Crippen LogP contribution < -0.4 is 9.47 Å². The molecule has 2 fully saturated rings. The van der Waals surface area contributed by atoms with Crippen molar-refractivity contribution in [3.05, 3.63) is 89.6 Å². The molecule has 1 aromatic heterocycles. The van der Waals surface area contributed by atoms with E-state index in [1.165, 1.54) is 18.2 Å². The Hall–Kier alpha value is -4.13. The number of hydrogen-bond donors (Lipinski definition) is 0. The number of pyridine rings is 1. The van der Waals surface area contributed by atoms with E-state index < -0.39 is 21.5 Å². The summed E-state index contributed by atoms with van der Waals surface area (Å²) >= 11 is 0. The molecule has 9 nitrogen and oxygen atoms in total. The van der Waals surface area contributed by atoms with E-state index in [0.717, 1.165) is 44.1 Å². The highest BCUT2D eigenvalue weighted by molar-refractivity contribution is 7.91. The normalized spacial score (nSPS) is 20.1. The van der Waals surface area contributed by atoms with Crippen LogP contribution in [0, 0.1) is 11.6 Å². The van der Waals surface area contributed by atoms with Gasteiger partial charge in [-0.05, 0) is 62.6 Å². The zero-order valence-electron chi connectivity index (χ0n) is 26.2. The number of nitrogens with zero attached hydrogens (tertiary/aromatic N) is 4. The van der Waals surface area contributed by atoms with Crippen molar-refractivity contribution in [1.82, 2.24) is 19.7 Å². The fraction of sp³-hybridized carbons (Fsp3) is 0.371. The lowest BCUT2D eigenvalue weighted by atomic mass is 9.98. The molecule has 1 amide bonds. The van der Waals surface area contributed by atoms with Crippen molar-refractivity contribution >= 4 is 26.5 Å². The molecule has 4 aromatic rings. The van der Waals surface area contributed by atoms with Crippen molar-refractivity contribution in [3.8, 4) is 11.5 Å². The largest absolute Gasteiger partial charge is 0.454 e. The molecule has 0 aliphatic carbocycles. The van der Waals surface area contributed by atoms with E-state index in [0.29, 0.717) is 41.6 Å². The third kappa shape index (κ3) is 5.94. The van der Waals surface area contributed by atoms with Crippen molar-refractivity contribution in [2.45, 2.75) is 54.7 Å². The predicted molar refractivity (Wildman–Crippen MR) is 171 cm³/mol. The van der Waals surface area contributed by atoms with E-state index in [2.05, 4.69) is 28.6 Å². The van der Waals surface area contributed by atoms with Gasteiger partial charge in [-0.2, -0.15) is 0 Å². The van der Waals surface area contributed by atoms with E-state index in [9.17, 15) is 22.0 Å². The molecule has 3 aliphatic rings. The van der Waals surface area contributed by atoms with Gasteiger partial charge in [-0.15, -0.1) is 0 Å². The summed E-state index contributed by atoms with van der Waals surface area (Å²) in [5.74, 6) is -0.648. The zero-order chi connectivity index (χ0) is 32.9. The van der Waals surface area contributed by atoms with Crippen molar-refractivity contribution in [2.24, 2.45) is 0 Å². The van der Waals surface area contributed by atoms with E-state index >= 15 is 0 Å². The van der Waals surface area contributed by atoms with E-state index in [-0.39, 0.29) is 40.1 Å². The molecule has 0 radical (unpaired) electrons. The van der Waals surface area contributed by atoms with Crippen LogP contribution in [0.5, 0.6) is 11.5 Å². The van der Waals surface area contributed by atoms with E-state index in [1.807, 2.05) is 6.07 Å². The Morgan fingerprint density at radius 2 is 1.72 bits per heavy atom. The molecule has 0 spiro atoms. The summed E-state index contributed by atoms with van der Waals surface area (Å²) in [7, 11) is -3.82. The quantitative estimate of drug-likeness (QED) is 0.270. The molecular formula is C35H36F2N4O5S. The van der Waals surface area contributed by atoms with E-state index in [4.69, 9.17) is 9.47 Å². The molecule has 3 aliphatic heterocycles. The van der Waals surface area contributed by atoms with Crippen LogP contribution in [-0.4, -0.2) is 85.6 Å². The minimum atomic E-state index is -3.82. The molecule has 4 heterocycles. The number of piperidine rings is 1. The number of ether oxygens (including phenoxy) is 2. The maximum absolute atomic E-state index is 14.3. The van der Waals surface area contributed by atoms with Gasteiger partial charge in [-0.1, -0.05) is 18.2 Å². The van der Waals surface area contributed by atoms with Crippen LogP contribution in [0.15, 0.2) is 76.8 Å². The standard InChI is InChI=1S/C35H36F2N4O5S/c1-22-20-40(26-10-12-39(13-11-26)35(42)29-5-3-4-28-30(29)16-25(36)17-31(28)37)14-15-41(22)23(2)24-6-9-34(38-19-24)47(43,44)27-7-8-32-33(18-27)46-21-45-32/h3-9,16-19,22-23,26H,10-15,20-21H2,1-2H3/t22-,23+/m1/s1. The Kier molecular flexibility index (Phi) is 8.35. The first-order valence-corrected chi connectivity index (χ1v) is 17.4. The lowest BCUT2D eigenvalue weighted by Gasteiger charge is -2.47. The second-order valence-corrected chi connectivity index (χ2v) is 14.4. The first-order valence-electron chi connectivity index (χ1n) is 15.9. The average molecular weight is 663 g/mol. The lowest BCUT2D eigenvalue weighted by molar-refractivity contribution is 0.0135. The minimum absolute atomic E-state index is 0.0187. The number of hydrogen-bond acceptors (Lipinski definition) is 8. The van der Waals surface area contributed by atoms with Crippen molar-refractivity contribution in [3.63, 3.8) is 0 Å². The van der Waals surface area contributed by atoms with Gasteiger partial charge in [0.25, 0.3) is 5.91 Å². The van der Waals surface area contributed by atoms with Gasteiger partial charge in [0.2, 0.25) is 16.6 Å². The fourth-order valence-electron chi connectivity index (χ4n) is 7.16. The van der Waals surface area contributed by atoms with E-state index in [1.54, 1.807) is 41.4 Å². The fourth-order valence-corrected chi connectivity index (χ4v) is 8.35. The molecule has 7 rings (SSSR count). The number of aromatic nitrogens is 1. The van der Waals surface area contributed by atoms with Gasteiger partial charge < -0.3 is 14.4 Å². The summed E-state index contributed by atoms with van der Waals surface area (Å²) in [6.07, 6.45) is 3.30. The smallest absolute Gasteiger partial charge is 0.254 e. The van der Waals surface area contributed by atoms with Gasteiger partial charge in [0, 0.05) is 85.5 Å². The number of carbonyl (C=O) groups is 1. The Labute approximate surface area is 272 Å². The van der Waals surface area contributed by atoms with Gasteiger partial charge >= 0.3 is 0 Å². The van der Waals surface area contributed by atoms with Crippen LogP contribution >= 0.6 is 0 Å². The number of fused-ring (bicyclic) bond motifs is 2. The van der Waals surface area contributed by atoms with Gasteiger partial charge in [-0.25, -0.2) is 22.2 Å². The highest BCUT2D eigenvalue weighted by atomic mass is 32.2. The highest BCUT2D eigenvalue weighted by Crippen LogP contribution is 2.36. The highest BCUT2D eigenvalue weighted by Gasteiger charge is 2.34. The lowest BCUT2D eigenvalue weighted by Crippen LogP contribution is -2.57. The number of halogens is 2. The molecule has 0 bridgehead atoms. The number of sulfone groups is 1. The molecule has 0 saturated carbocycles. The van der Waals surface area contributed by atoms with Crippen LogP contribution in [0.25, 0.3) is 10.8 Å². The minimum Gasteiger partial charge on any atom is -0.454 e. The molecule has 3 aromatic carbocycles. The molecule has 0 unspecified atom stereocenters. The summed E-state index contributed by atoms with van der Waals surface area (Å²) in [5.41, 5.74) is 1.26. The van der Waals surface area contributed by atoms with Gasteiger partial charge in [0.05, 0.1) is 4.90 Å². The molecule has 12 heteroatoms. The number of amides is 1. The van der Waals surface area contributed by atoms with Crippen LogP contribution in [0.4, 0.5) is 8.78 Å². The Morgan fingerprint density at radius 3 is 2.47 bits per heavy atom. The second kappa shape index (κ2) is 12.5. The third-order valence-corrected chi connectivity index (χ3v) is 11.5. The maximum Gasteiger partial charge on any atom is 0.254 e. The molecular weight excluding hydrogens is 626 g/mol. The number of benzene rings is 3. The first-order chi connectivity index (χ1) is 22.6. The SMILES string of the molecule is C[C@@H]1CN(C2CCN(C(=O)c3cccc4c(F)cc(F)cc34)CC2)CCN1[C@@H](C)c1ccc(S(=O)(=O)c2ccc3c(c2)OCO3)nc1. The average Bonchev–Trinajstić information content (AvgIpc) is 3.56. The van der Waals surface area contributed by atoms with Crippen LogP contribution in [0.1, 0.15) is 48.7 Å². The molecule has 246 valence electrons. The number of rotatable bonds is 6. The molecule has 2 saturated heterocycles. The van der Waals surface area contributed by atoms with Crippen LogP contribution in [-0.2, 0) is 9.84 Å². The zero-order valence-corrected chi connectivity index (χ0v) is 27.1. The van der Waals surface area contributed by atoms with Crippen molar-refractivity contribution in [2.75, 3.05) is 39.5 Å². The van der Waals surface area contributed by atoms with Gasteiger partial charge in [-0.3, -0.25) is 14.6 Å². The Morgan fingerprint density at radius 1 is 0.936 bits per heavy atom. The Bertz CT molecular complexity index is 1930. The third-order valence-electron chi connectivity index (χ3n) is 9.79.